The molecule has 1 amide bonds. The third-order valence-corrected chi connectivity index (χ3v) is 5.19. The van der Waals surface area contributed by atoms with Gasteiger partial charge in [0.05, 0.1) is 17.8 Å². The van der Waals surface area contributed by atoms with Gasteiger partial charge >= 0.3 is 0 Å². The summed E-state index contributed by atoms with van der Waals surface area (Å²) < 4.78 is 24.9. The molecule has 0 saturated carbocycles. The van der Waals surface area contributed by atoms with E-state index in [1.54, 1.807) is 12.5 Å². The van der Waals surface area contributed by atoms with Gasteiger partial charge in [0.15, 0.2) is 9.84 Å². The number of carbonyl (C=O) groups is 1. The number of nitrogens with one attached hydrogen (secondary N) is 2. The van der Waals surface area contributed by atoms with Crippen LogP contribution in [0.25, 0.3) is 0 Å². The monoisotopic (exact) mass is 314 g/mol. The summed E-state index contributed by atoms with van der Waals surface area (Å²) in [6, 6.07) is -0.255. The standard InChI is InChI=1S/C13H22N4O3S/c18-13(9-12-10-21(19,20)8-5-15-12)16-3-1-2-6-17-7-4-14-11-17/h4,7,11-12,15H,1-3,5-6,8-10H2,(H,16,18). The predicted molar refractivity (Wildman–Crippen MR) is 79.5 cm³/mol. The van der Waals surface area contributed by atoms with Crippen molar-refractivity contribution in [2.75, 3.05) is 24.6 Å². The van der Waals surface area contributed by atoms with Crippen LogP contribution in [0.4, 0.5) is 0 Å². The van der Waals surface area contributed by atoms with Crippen molar-refractivity contribution in [3.63, 3.8) is 0 Å². The highest BCUT2D eigenvalue weighted by Crippen LogP contribution is 2.04. The molecule has 1 aliphatic heterocycles. The zero-order chi connectivity index (χ0) is 15.1. The number of aromatic nitrogens is 2. The minimum atomic E-state index is -2.98. The fraction of sp³-hybridized carbons (Fsp3) is 0.692. The molecule has 7 nitrogen and oxygen atoms in total. The van der Waals surface area contributed by atoms with Crippen LogP contribution in [0.5, 0.6) is 0 Å². The first kappa shape index (κ1) is 16.0. The Bertz CT molecular complexity index is 542. The Kier molecular flexibility index (Phi) is 5.75. The van der Waals surface area contributed by atoms with Crippen molar-refractivity contribution in [2.24, 2.45) is 0 Å². The molecule has 2 heterocycles. The van der Waals surface area contributed by atoms with Crippen molar-refractivity contribution >= 4 is 15.7 Å². The van der Waals surface area contributed by atoms with Gasteiger partial charge in [-0.2, -0.15) is 0 Å². The second-order valence-electron chi connectivity index (χ2n) is 5.33. The summed E-state index contributed by atoms with van der Waals surface area (Å²) in [5, 5.41) is 5.91. The minimum absolute atomic E-state index is 0.0566. The van der Waals surface area contributed by atoms with E-state index in [1.807, 2.05) is 10.8 Å². The second-order valence-corrected chi connectivity index (χ2v) is 7.56. The number of unbranched alkanes of at least 4 members (excludes halogenated alkanes) is 1. The molecule has 118 valence electrons. The van der Waals surface area contributed by atoms with Gasteiger partial charge < -0.3 is 15.2 Å². The Morgan fingerprint density at radius 3 is 3.00 bits per heavy atom. The van der Waals surface area contributed by atoms with Crippen molar-refractivity contribution in [2.45, 2.75) is 31.8 Å². The minimum Gasteiger partial charge on any atom is -0.356 e. The molecule has 1 aromatic heterocycles. The van der Waals surface area contributed by atoms with Crippen molar-refractivity contribution in [3.05, 3.63) is 18.7 Å². The van der Waals surface area contributed by atoms with E-state index in [0.717, 1.165) is 19.4 Å². The number of imidazole rings is 1. The van der Waals surface area contributed by atoms with Crippen LogP contribution >= 0.6 is 0 Å². The van der Waals surface area contributed by atoms with E-state index in [9.17, 15) is 13.2 Å². The molecule has 0 aliphatic carbocycles. The summed E-state index contributed by atoms with van der Waals surface area (Å²) in [4.78, 5) is 15.7. The van der Waals surface area contributed by atoms with Crippen LogP contribution in [-0.2, 0) is 21.2 Å². The van der Waals surface area contributed by atoms with Gasteiger partial charge in [-0.3, -0.25) is 4.79 Å². The number of carbonyl (C=O) groups excluding carboxylic acids is 1. The molecular weight excluding hydrogens is 292 g/mol. The quantitative estimate of drug-likeness (QED) is 0.665. The van der Waals surface area contributed by atoms with Crippen LogP contribution in [0.2, 0.25) is 0 Å². The first-order valence-electron chi connectivity index (χ1n) is 7.21. The average molecular weight is 314 g/mol. The Balaban J connectivity index is 1.57. The number of sulfone groups is 1. The molecule has 2 rings (SSSR count). The summed E-state index contributed by atoms with van der Waals surface area (Å²) in [5.41, 5.74) is 0. The molecule has 1 saturated heterocycles. The lowest BCUT2D eigenvalue weighted by Gasteiger charge is -2.23. The van der Waals surface area contributed by atoms with Gasteiger partial charge in [-0.15, -0.1) is 0 Å². The normalized spacial score (nSPS) is 21.0. The van der Waals surface area contributed by atoms with Crippen LogP contribution in [0.3, 0.4) is 0 Å². The maximum Gasteiger partial charge on any atom is 0.221 e. The van der Waals surface area contributed by atoms with E-state index >= 15 is 0 Å². The number of nitrogens with zero attached hydrogens (tertiary/aromatic N) is 2. The van der Waals surface area contributed by atoms with E-state index in [0.29, 0.717) is 13.1 Å². The molecule has 1 aromatic rings. The van der Waals surface area contributed by atoms with Gasteiger partial charge in [0, 0.05) is 44.5 Å². The lowest BCUT2D eigenvalue weighted by Crippen LogP contribution is -2.47. The molecule has 0 aromatic carbocycles. The third kappa shape index (κ3) is 5.84. The maximum atomic E-state index is 11.8. The summed E-state index contributed by atoms with van der Waals surface area (Å²) in [6.07, 6.45) is 7.50. The molecular formula is C13H22N4O3S. The SMILES string of the molecule is O=C(CC1CS(=O)(=O)CCN1)NCCCCn1ccnc1. The van der Waals surface area contributed by atoms with E-state index in [1.165, 1.54) is 0 Å². The topological polar surface area (TPSA) is 93.1 Å². The van der Waals surface area contributed by atoms with Gasteiger partial charge in [0.25, 0.3) is 0 Å². The van der Waals surface area contributed by atoms with Crippen molar-refractivity contribution < 1.29 is 13.2 Å². The summed E-state index contributed by atoms with van der Waals surface area (Å²) in [5.74, 6) is 0.132. The van der Waals surface area contributed by atoms with Crippen LogP contribution in [-0.4, -0.2) is 54.5 Å². The number of hydrogen-bond acceptors (Lipinski definition) is 5. The van der Waals surface area contributed by atoms with E-state index in [2.05, 4.69) is 15.6 Å². The number of aryl methyl sites for hydroxylation is 1. The average Bonchev–Trinajstić information content (AvgIpc) is 2.90. The first-order valence-corrected chi connectivity index (χ1v) is 9.03. The highest BCUT2D eigenvalue weighted by atomic mass is 32.2. The third-order valence-electron chi connectivity index (χ3n) is 3.46. The molecule has 0 radical (unpaired) electrons. The maximum absolute atomic E-state index is 11.8. The molecule has 2 N–H and O–H groups in total. The van der Waals surface area contributed by atoms with Gasteiger partial charge in [-0.1, -0.05) is 0 Å². The Labute approximate surface area is 125 Å². The first-order chi connectivity index (χ1) is 10.1. The van der Waals surface area contributed by atoms with Crippen LogP contribution in [0, 0.1) is 0 Å². The van der Waals surface area contributed by atoms with E-state index in [-0.39, 0.29) is 29.9 Å². The van der Waals surface area contributed by atoms with Gasteiger partial charge in [0.1, 0.15) is 0 Å². The Morgan fingerprint density at radius 1 is 1.43 bits per heavy atom. The Morgan fingerprint density at radius 2 is 2.29 bits per heavy atom. The Hall–Kier alpha value is -1.41. The molecule has 0 spiro atoms. The molecule has 21 heavy (non-hydrogen) atoms. The van der Waals surface area contributed by atoms with E-state index < -0.39 is 9.84 Å². The fourth-order valence-corrected chi connectivity index (χ4v) is 3.80. The summed E-state index contributed by atoms with van der Waals surface area (Å²) in [7, 11) is -2.98. The molecule has 0 bridgehead atoms. The van der Waals surface area contributed by atoms with Crippen molar-refractivity contribution in [3.8, 4) is 0 Å². The molecule has 1 atom stereocenters. The van der Waals surface area contributed by atoms with E-state index in [4.69, 9.17) is 0 Å². The van der Waals surface area contributed by atoms with Gasteiger partial charge in [-0.25, -0.2) is 13.4 Å². The lowest BCUT2D eigenvalue weighted by atomic mass is 10.2. The van der Waals surface area contributed by atoms with Crippen LogP contribution in [0.1, 0.15) is 19.3 Å². The fourth-order valence-electron chi connectivity index (χ4n) is 2.36. The van der Waals surface area contributed by atoms with Crippen molar-refractivity contribution in [1.82, 2.24) is 20.2 Å². The zero-order valence-corrected chi connectivity index (χ0v) is 12.8. The second kappa shape index (κ2) is 7.56. The highest BCUT2D eigenvalue weighted by Gasteiger charge is 2.25. The van der Waals surface area contributed by atoms with Crippen LogP contribution < -0.4 is 10.6 Å². The van der Waals surface area contributed by atoms with Gasteiger partial charge in [0.2, 0.25) is 5.91 Å². The molecule has 1 unspecified atom stereocenters. The number of rotatable bonds is 7. The predicted octanol–water partition coefficient (Wildman–Crippen LogP) is -0.444. The highest BCUT2D eigenvalue weighted by molar-refractivity contribution is 7.91. The van der Waals surface area contributed by atoms with Gasteiger partial charge in [-0.05, 0) is 12.8 Å². The zero-order valence-electron chi connectivity index (χ0n) is 12.0. The van der Waals surface area contributed by atoms with Crippen LogP contribution in [0.15, 0.2) is 18.7 Å². The smallest absolute Gasteiger partial charge is 0.221 e. The summed E-state index contributed by atoms with van der Waals surface area (Å²) >= 11 is 0. The lowest BCUT2D eigenvalue weighted by molar-refractivity contribution is -0.121. The molecule has 1 aliphatic rings. The molecule has 8 heteroatoms. The number of hydrogen-bond donors (Lipinski definition) is 2. The number of amides is 1. The summed E-state index contributed by atoms with van der Waals surface area (Å²) in [6.45, 7) is 1.94. The molecule has 1 fully saturated rings. The van der Waals surface area contributed by atoms with Crippen molar-refractivity contribution in [1.29, 1.82) is 0 Å². The largest absolute Gasteiger partial charge is 0.356 e.